The summed E-state index contributed by atoms with van der Waals surface area (Å²) in [5.74, 6) is -3.18. The summed E-state index contributed by atoms with van der Waals surface area (Å²) < 4.78 is 10.8. The van der Waals surface area contributed by atoms with Gasteiger partial charge in [-0.3, -0.25) is 9.59 Å². The molecule has 0 radical (unpaired) electrons. The lowest BCUT2D eigenvalue weighted by molar-refractivity contribution is 0.0281. The van der Waals surface area contributed by atoms with Crippen molar-refractivity contribution in [1.82, 2.24) is 0 Å². The molecule has 3 rings (SSSR count). The third kappa shape index (κ3) is 5.68. The molecule has 10 nitrogen and oxygen atoms in total. The molecule has 0 fully saturated rings. The molecule has 36 heavy (non-hydrogen) atoms. The van der Waals surface area contributed by atoms with Crippen molar-refractivity contribution in [1.29, 1.82) is 0 Å². The van der Waals surface area contributed by atoms with Crippen molar-refractivity contribution in [3.8, 4) is 28.7 Å². The number of ether oxygens (including phenoxy) is 2. The first-order chi connectivity index (χ1) is 17.1. The van der Waals surface area contributed by atoms with Crippen molar-refractivity contribution >= 4 is 17.3 Å². The number of phenolic OH excluding ortho intramolecular Hbond substituents is 3. The van der Waals surface area contributed by atoms with E-state index in [-0.39, 0.29) is 46.5 Å². The number of Topliss-reactive ketones (excluding diaryl/α,β-unsaturated/α-hetero) is 1. The zero-order valence-electron chi connectivity index (χ0n) is 19.5. The van der Waals surface area contributed by atoms with Crippen LogP contribution in [0.3, 0.4) is 0 Å². The number of rotatable bonds is 11. The van der Waals surface area contributed by atoms with E-state index in [1.165, 1.54) is 12.1 Å². The molecule has 7 N–H and O–H groups in total. The number of aliphatic hydroxyl groups is 2. The molecular formula is C26H27NO9. The highest BCUT2D eigenvalue weighted by atomic mass is 16.5. The number of phenols is 3. The lowest BCUT2D eigenvalue weighted by Gasteiger charge is -2.25. The van der Waals surface area contributed by atoms with E-state index in [4.69, 9.17) is 15.2 Å². The van der Waals surface area contributed by atoms with Crippen LogP contribution in [0.25, 0.3) is 0 Å². The Balaban J connectivity index is 1.82. The molecular weight excluding hydrogens is 470 g/mol. The second-order valence-electron chi connectivity index (χ2n) is 8.54. The Morgan fingerprint density at radius 3 is 2.03 bits per heavy atom. The number of hydrogen-bond acceptors (Lipinski definition) is 10. The SMILES string of the molecule is CC(CO)(CO)COc1c(O)ccc(C(=O)c2cc(O)c(OCC(=O)c3ccccc3)c(O)c2)c1N. The number of carbonyl (C=O) groups is 2. The maximum Gasteiger partial charge on any atom is 0.203 e. The highest BCUT2D eigenvalue weighted by Crippen LogP contribution is 2.40. The van der Waals surface area contributed by atoms with Crippen LogP contribution in [0.2, 0.25) is 0 Å². The molecule has 0 aromatic heterocycles. The number of nitrogen functional groups attached to an aromatic ring is 1. The van der Waals surface area contributed by atoms with E-state index in [0.717, 1.165) is 12.1 Å². The minimum absolute atomic E-state index is 0.0933. The van der Waals surface area contributed by atoms with Crippen LogP contribution in [0.4, 0.5) is 5.69 Å². The van der Waals surface area contributed by atoms with E-state index >= 15 is 0 Å². The van der Waals surface area contributed by atoms with E-state index in [2.05, 4.69) is 0 Å². The van der Waals surface area contributed by atoms with Gasteiger partial charge in [-0.25, -0.2) is 0 Å². The molecule has 0 saturated heterocycles. The maximum absolute atomic E-state index is 13.1. The minimum atomic E-state index is -1.02. The van der Waals surface area contributed by atoms with Crippen LogP contribution in [0, 0.1) is 5.41 Å². The zero-order valence-corrected chi connectivity index (χ0v) is 19.5. The second kappa shape index (κ2) is 11.0. The number of benzene rings is 3. The lowest BCUT2D eigenvalue weighted by Crippen LogP contribution is -2.33. The summed E-state index contributed by atoms with van der Waals surface area (Å²) in [5, 5.41) is 49.7. The van der Waals surface area contributed by atoms with E-state index in [1.807, 2.05) is 0 Å². The number of ketones is 2. The fourth-order valence-electron chi connectivity index (χ4n) is 3.20. The van der Waals surface area contributed by atoms with Gasteiger partial charge in [-0.15, -0.1) is 0 Å². The maximum atomic E-state index is 13.1. The van der Waals surface area contributed by atoms with Crippen LogP contribution in [0.15, 0.2) is 54.6 Å². The Morgan fingerprint density at radius 2 is 1.44 bits per heavy atom. The van der Waals surface area contributed by atoms with Gasteiger partial charge in [0, 0.05) is 22.1 Å². The van der Waals surface area contributed by atoms with E-state index in [0.29, 0.717) is 5.56 Å². The van der Waals surface area contributed by atoms with Crippen LogP contribution in [-0.4, -0.2) is 63.5 Å². The van der Waals surface area contributed by atoms with E-state index in [1.54, 1.807) is 37.3 Å². The first kappa shape index (κ1) is 26.3. The van der Waals surface area contributed by atoms with Gasteiger partial charge in [-0.2, -0.15) is 0 Å². The van der Waals surface area contributed by atoms with Gasteiger partial charge >= 0.3 is 0 Å². The van der Waals surface area contributed by atoms with E-state index < -0.39 is 42.5 Å². The van der Waals surface area contributed by atoms with Gasteiger partial charge in [0.1, 0.15) is 0 Å². The molecule has 0 unspecified atom stereocenters. The minimum Gasteiger partial charge on any atom is -0.504 e. The fourth-order valence-corrected chi connectivity index (χ4v) is 3.20. The molecule has 190 valence electrons. The summed E-state index contributed by atoms with van der Waals surface area (Å²) >= 11 is 0. The Labute approximate surface area is 206 Å². The fraction of sp³-hybridized carbons (Fsp3) is 0.231. The molecule has 3 aromatic carbocycles. The molecule has 3 aromatic rings. The summed E-state index contributed by atoms with van der Waals surface area (Å²) in [4.78, 5) is 25.3. The average Bonchev–Trinajstić information content (AvgIpc) is 2.87. The van der Waals surface area contributed by atoms with Crippen molar-refractivity contribution in [3.05, 3.63) is 71.3 Å². The summed E-state index contributed by atoms with van der Waals surface area (Å²) in [7, 11) is 0. The monoisotopic (exact) mass is 497 g/mol. The smallest absolute Gasteiger partial charge is 0.203 e. The molecule has 0 aliphatic rings. The number of aromatic hydroxyl groups is 3. The molecule has 0 atom stereocenters. The number of anilines is 1. The third-order valence-corrected chi connectivity index (χ3v) is 5.50. The normalized spacial score (nSPS) is 11.2. The number of hydrogen-bond donors (Lipinski definition) is 6. The zero-order chi connectivity index (χ0) is 26.5. The molecule has 0 spiro atoms. The average molecular weight is 498 g/mol. The summed E-state index contributed by atoms with van der Waals surface area (Å²) in [6.07, 6.45) is 0. The predicted octanol–water partition coefficient (Wildman–Crippen LogP) is 2.25. The molecule has 0 saturated carbocycles. The summed E-state index contributed by atoms with van der Waals surface area (Å²) in [6, 6.07) is 12.8. The van der Waals surface area contributed by atoms with Gasteiger partial charge in [0.05, 0.1) is 25.5 Å². The Morgan fingerprint density at radius 1 is 0.833 bits per heavy atom. The van der Waals surface area contributed by atoms with Gasteiger partial charge in [0.2, 0.25) is 5.75 Å². The third-order valence-electron chi connectivity index (χ3n) is 5.50. The van der Waals surface area contributed by atoms with Crippen LogP contribution < -0.4 is 15.2 Å². The van der Waals surface area contributed by atoms with Gasteiger partial charge in [0.25, 0.3) is 0 Å². The van der Waals surface area contributed by atoms with Crippen molar-refractivity contribution in [2.45, 2.75) is 6.92 Å². The molecule has 0 aliphatic heterocycles. The molecule has 0 amide bonds. The molecule has 0 heterocycles. The van der Waals surface area contributed by atoms with Crippen molar-refractivity contribution in [2.75, 3.05) is 32.2 Å². The number of nitrogens with two attached hydrogens (primary N) is 1. The standard InChI is InChI=1S/C26H27NO9/c1-26(12-28,13-29)14-36-25-18(30)8-7-17(22(25)27)23(34)16-9-19(31)24(20(32)10-16)35-11-21(33)15-5-3-2-4-6-15/h2-10,28-32H,11-14,27H2,1H3. The first-order valence-corrected chi connectivity index (χ1v) is 10.9. The molecule has 10 heteroatoms. The van der Waals surface area contributed by atoms with Gasteiger partial charge in [-0.05, 0) is 24.3 Å². The van der Waals surface area contributed by atoms with Gasteiger partial charge < -0.3 is 40.7 Å². The van der Waals surface area contributed by atoms with Crippen LogP contribution in [-0.2, 0) is 0 Å². The van der Waals surface area contributed by atoms with Crippen molar-refractivity contribution in [3.63, 3.8) is 0 Å². The summed E-state index contributed by atoms with van der Waals surface area (Å²) in [6.45, 7) is 0.104. The Hall–Kier alpha value is -4.28. The molecule has 0 bridgehead atoms. The van der Waals surface area contributed by atoms with Gasteiger partial charge in [-0.1, -0.05) is 37.3 Å². The van der Waals surface area contributed by atoms with Crippen molar-refractivity contribution < 1.29 is 44.6 Å². The molecule has 0 aliphatic carbocycles. The number of carbonyl (C=O) groups excluding carboxylic acids is 2. The highest BCUT2D eigenvalue weighted by molar-refractivity contribution is 6.13. The van der Waals surface area contributed by atoms with Crippen LogP contribution >= 0.6 is 0 Å². The summed E-state index contributed by atoms with van der Waals surface area (Å²) in [5.41, 5.74) is 4.97. The Bertz CT molecular complexity index is 1230. The highest BCUT2D eigenvalue weighted by Gasteiger charge is 2.26. The first-order valence-electron chi connectivity index (χ1n) is 10.9. The lowest BCUT2D eigenvalue weighted by atomic mass is 9.94. The largest absolute Gasteiger partial charge is 0.504 e. The van der Waals surface area contributed by atoms with Crippen molar-refractivity contribution in [2.24, 2.45) is 5.41 Å². The van der Waals surface area contributed by atoms with E-state index in [9.17, 15) is 35.1 Å². The second-order valence-corrected chi connectivity index (χ2v) is 8.54. The Kier molecular flexibility index (Phi) is 8.03. The van der Waals surface area contributed by atoms with Gasteiger partial charge in [0.15, 0.2) is 41.2 Å². The quantitative estimate of drug-likeness (QED) is 0.170. The predicted molar refractivity (Wildman–Crippen MR) is 130 cm³/mol. The topological polar surface area (TPSA) is 180 Å². The number of aliphatic hydroxyl groups excluding tert-OH is 2. The van der Waals surface area contributed by atoms with Crippen LogP contribution in [0.1, 0.15) is 33.2 Å². The van der Waals surface area contributed by atoms with Crippen LogP contribution in [0.5, 0.6) is 28.7 Å².